The Kier molecular flexibility index (Phi) is 4.41. The van der Waals surface area contributed by atoms with Crippen molar-refractivity contribution in [2.75, 3.05) is 0 Å². The molecule has 0 saturated heterocycles. The zero-order chi connectivity index (χ0) is 15.6. The van der Waals surface area contributed by atoms with E-state index in [1.54, 1.807) is 6.07 Å². The fourth-order valence-electron chi connectivity index (χ4n) is 2.19. The van der Waals surface area contributed by atoms with Crippen LogP contribution in [0.2, 0.25) is 0 Å². The summed E-state index contributed by atoms with van der Waals surface area (Å²) in [5.41, 5.74) is 3.29. The van der Waals surface area contributed by atoms with E-state index >= 15 is 0 Å². The van der Waals surface area contributed by atoms with Gasteiger partial charge < -0.3 is 4.57 Å². The monoisotopic (exact) mass is 283 g/mol. The predicted octanol–water partition coefficient (Wildman–Crippen LogP) is 3.33. The molecular weight excluding hydrogens is 262 g/mol. The van der Waals surface area contributed by atoms with Crippen molar-refractivity contribution in [1.82, 2.24) is 4.57 Å². The van der Waals surface area contributed by atoms with Crippen molar-refractivity contribution in [2.24, 2.45) is 13.0 Å². The van der Waals surface area contributed by atoms with E-state index in [9.17, 15) is 9.59 Å². The molecule has 2 rings (SSSR count). The Bertz CT molecular complexity index is 663. The van der Waals surface area contributed by atoms with Crippen LogP contribution in [0.15, 0.2) is 36.4 Å². The summed E-state index contributed by atoms with van der Waals surface area (Å²) in [5.74, 6) is 0.183. The summed E-state index contributed by atoms with van der Waals surface area (Å²) in [6.45, 7) is 5.78. The van der Waals surface area contributed by atoms with Gasteiger partial charge in [0.1, 0.15) is 5.78 Å². The van der Waals surface area contributed by atoms with Crippen LogP contribution in [0.1, 0.15) is 41.2 Å². The summed E-state index contributed by atoms with van der Waals surface area (Å²) in [4.78, 5) is 24.4. The third kappa shape index (κ3) is 3.30. The largest absolute Gasteiger partial charge is 0.345 e. The molecule has 3 nitrogen and oxygen atoms in total. The number of aromatic nitrogens is 1. The smallest absolute Gasteiger partial charge is 0.209 e. The molecule has 1 aromatic carbocycles. The van der Waals surface area contributed by atoms with E-state index in [4.69, 9.17) is 0 Å². The molecular formula is C18H21NO2. The molecule has 0 fully saturated rings. The van der Waals surface area contributed by atoms with Crippen LogP contribution < -0.4 is 0 Å². The molecule has 3 heteroatoms. The molecule has 0 bridgehead atoms. The molecule has 0 N–H and O–H groups in total. The zero-order valence-corrected chi connectivity index (χ0v) is 13.0. The minimum Gasteiger partial charge on any atom is -0.345 e. The summed E-state index contributed by atoms with van der Waals surface area (Å²) >= 11 is 0. The summed E-state index contributed by atoms with van der Waals surface area (Å²) < 4.78 is 1.82. The number of benzene rings is 1. The number of carbonyl (C=O) groups excluding carboxylic acids is 2. The van der Waals surface area contributed by atoms with Crippen LogP contribution in [0.3, 0.4) is 0 Å². The molecule has 21 heavy (non-hydrogen) atoms. The van der Waals surface area contributed by atoms with Gasteiger partial charge in [0.05, 0.1) is 5.69 Å². The van der Waals surface area contributed by atoms with E-state index in [-0.39, 0.29) is 17.5 Å². The minimum absolute atomic E-state index is 0.0103. The lowest BCUT2D eigenvalue weighted by Gasteiger charge is -2.08. The molecule has 2 aromatic rings. The van der Waals surface area contributed by atoms with Crippen molar-refractivity contribution >= 4 is 11.6 Å². The van der Waals surface area contributed by atoms with Crippen LogP contribution >= 0.6 is 0 Å². The van der Waals surface area contributed by atoms with E-state index in [1.165, 1.54) is 0 Å². The summed E-state index contributed by atoms with van der Waals surface area (Å²) in [6, 6.07) is 11.2. The van der Waals surface area contributed by atoms with E-state index in [0.717, 1.165) is 11.3 Å². The van der Waals surface area contributed by atoms with Crippen LogP contribution in [0.4, 0.5) is 0 Å². The normalized spacial score (nSPS) is 10.9. The van der Waals surface area contributed by atoms with E-state index in [0.29, 0.717) is 17.7 Å². The molecule has 0 saturated carbocycles. The Morgan fingerprint density at radius 1 is 1.05 bits per heavy atom. The predicted molar refractivity (Wildman–Crippen MR) is 83.6 cm³/mol. The van der Waals surface area contributed by atoms with Gasteiger partial charge in [-0.25, -0.2) is 0 Å². The van der Waals surface area contributed by atoms with Crippen LogP contribution in [0.25, 0.3) is 0 Å². The highest BCUT2D eigenvalue weighted by atomic mass is 16.1. The number of rotatable bonds is 5. The second kappa shape index (κ2) is 6.08. The Hall–Kier alpha value is -2.16. The third-order valence-corrected chi connectivity index (χ3v) is 3.77. The van der Waals surface area contributed by atoms with Crippen molar-refractivity contribution in [2.45, 2.75) is 27.2 Å². The lowest BCUT2D eigenvalue weighted by atomic mass is 10.1. The molecule has 0 spiro atoms. The summed E-state index contributed by atoms with van der Waals surface area (Å²) in [6.07, 6.45) is 0.370. The first-order valence-electron chi connectivity index (χ1n) is 7.19. The number of aryl methyl sites for hydroxylation is 1. The van der Waals surface area contributed by atoms with Gasteiger partial charge in [-0.1, -0.05) is 43.7 Å². The number of ketones is 2. The molecule has 0 atom stereocenters. The Morgan fingerprint density at radius 2 is 1.67 bits per heavy atom. The molecule has 0 amide bonds. The van der Waals surface area contributed by atoms with Crippen LogP contribution in [0.5, 0.6) is 0 Å². The molecule has 0 aliphatic carbocycles. The van der Waals surface area contributed by atoms with Crippen molar-refractivity contribution in [1.29, 1.82) is 0 Å². The molecule has 0 unspecified atom stereocenters. The van der Waals surface area contributed by atoms with Gasteiger partial charge in [0, 0.05) is 30.6 Å². The standard InChI is InChI=1S/C18H21NO2/c1-12(2)17(20)11-15-9-10-16(19(15)4)18(21)14-7-5-13(3)6-8-14/h5-10,12H,11H2,1-4H3. The number of nitrogens with zero attached hydrogens (tertiary/aromatic N) is 1. The SMILES string of the molecule is Cc1ccc(C(=O)c2ccc(CC(=O)C(C)C)n2C)cc1. The number of Topliss-reactive ketones (excluding diaryl/α,β-unsaturated/α-hetero) is 1. The fourth-order valence-corrected chi connectivity index (χ4v) is 2.19. The second-order valence-corrected chi connectivity index (χ2v) is 5.76. The third-order valence-electron chi connectivity index (χ3n) is 3.77. The Balaban J connectivity index is 2.25. The fraction of sp³-hybridized carbons (Fsp3) is 0.333. The van der Waals surface area contributed by atoms with Gasteiger partial charge in [-0.2, -0.15) is 0 Å². The molecule has 110 valence electrons. The molecule has 0 radical (unpaired) electrons. The lowest BCUT2D eigenvalue weighted by molar-refractivity contribution is -0.121. The van der Waals surface area contributed by atoms with Gasteiger partial charge in [0.25, 0.3) is 0 Å². The van der Waals surface area contributed by atoms with Crippen LogP contribution in [0, 0.1) is 12.8 Å². The molecule has 1 aromatic heterocycles. The minimum atomic E-state index is -0.0132. The van der Waals surface area contributed by atoms with E-state index in [1.807, 2.05) is 62.7 Å². The van der Waals surface area contributed by atoms with Gasteiger partial charge in [0.15, 0.2) is 0 Å². The van der Waals surface area contributed by atoms with Crippen molar-refractivity contribution in [3.8, 4) is 0 Å². The van der Waals surface area contributed by atoms with Crippen LogP contribution in [-0.4, -0.2) is 16.1 Å². The van der Waals surface area contributed by atoms with Crippen LogP contribution in [-0.2, 0) is 18.3 Å². The van der Waals surface area contributed by atoms with E-state index in [2.05, 4.69) is 0 Å². The van der Waals surface area contributed by atoms with Gasteiger partial charge >= 0.3 is 0 Å². The summed E-state index contributed by atoms with van der Waals surface area (Å²) in [7, 11) is 1.84. The Morgan fingerprint density at radius 3 is 2.24 bits per heavy atom. The maximum Gasteiger partial charge on any atom is 0.209 e. The molecule has 0 aliphatic heterocycles. The second-order valence-electron chi connectivity index (χ2n) is 5.76. The van der Waals surface area contributed by atoms with Crippen molar-refractivity contribution < 1.29 is 9.59 Å². The quantitative estimate of drug-likeness (QED) is 0.789. The average molecular weight is 283 g/mol. The first-order chi connectivity index (χ1) is 9.90. The molecule has 0 aliphatic rings. The maximum absolute atomic E-state index is 12.5. The first-order valence-corrected chi connectivity index (χ1v) is 7.19. The highest BCUT2D eigenvalue weighted by Crippen LogP contribution is 2.15. The summed E-state index contributed by atoms with van der Waals surface area (Å²) in [5, 5.41) is 0. The highest BCUT2D eigenvalue weighted by molar-refractivity contribution is 6.08. The number of carbonyl (C=O) groups is 2. The van der Waals surface area contributed by atoms with Gasteiger partial charge in [-0.05, 0) is 19.1 Å². The van der Waals surface area contributed by atoms with Crippen molar-refractivity contribution in [3.63, 3.8) is 0 Å². The van der Waals surface area contributed by atoms with Gasteiger partial charge in [0.2, 0.25) is 5.78 Å². The first kappa shape index (κ1) is 15.2. The number of hydrogen-bond acceptors (Lipinski definition) is 2. The topological polar surface area (TPSA) is 39.1 Å². The maximum atomic E-state index is 12.5. The van der Waals surface area contributed by atoms with E-state index < -0.39 is 0 Å². The number of hydrogen-bond donors (Lipinski definition) is 0. The molecule has 1 heterocycles. The van der Waals surface area contributed by atoms with Gasteiger partial charge in [-0.15, -0.1) is 0 Å². The highest BCUT2D eigenvalue weighted by Gasteiger charge is 2.17. The van der Waals surface area contributed by atoms with Crippen molar-refractivity contribution in [3.05, 3.63) is 58.9 Å². The Labute approximate surface area is 125 Å². The lowest BCUT2D eigenvalue weighted by Crippen LogP contribution is -2.14. The average Bonchev–Trinajstić information content (AvgIpc) is 2.80. The van der Waals surface area contributed by atoms with Gasteiger partial charge in [-0.3, -0.25) is 9.59 Å². The zero-order valence-electron chi connectivity index (χ0n) is 13.0.